The predicted molar refractivity (Wildman–Crippen MR) is 84.8 cm³/mol. The van der Waals surface area contributed by atoms with E-state index in [1.807, 2.05) is 27.7 Å². The lowest BCUT2D eigenvalue weighted by molar-refractivity contribution is -0.141. The van der Waals surface area contributed by atoms with Gasteiger partial charge in [-0.2, -0.15) is 4.39 Å². The van der Waals surface area contributed by atoms with Crippen molar-refractivity contribution in [3.8, 4) is 0 Å². The van der Waals surface area contributed by atoms with Crippen molar-refractivity contribution in [2.45, 2.75) is 66.7 Å². The second-order valence-corrected chi connectivity index (χ2v) is 5.47. The molecular weight excluding hydrogens is 285 g/mol. The van der Waals surface area contributed by atoms with Gasteiger partial charge in [-0.25, -0.2) is 0 Å². The number of likely N-dealkylation sites (tertiary alicyclic amines) is 1. The monoisotopic (exact) mass is 315 g/mol. The maximum atomic E-state index is 12.5. The van der Waals surface area contributed by atoms with E-state index in [1.54, 1.807) is 6.92 Å². The van der Waals surface area contributed by atoms with Crippen molar-refractivity contribution in [1.29, 1.82) is 0 Å². The molecule has 1 aliphatic carbocycles. The molecule has 2 aliphatic rings. The van der Waals surface area contributed by atoms with Gasteiger partial charge >= 0.3 is 6.04 Å². The van der Waals surface area contributed by atoms with E-state index in [0.29, 0.717) is 38.6 Å². The van der Waals surface area contributed by atoms with E-state index >= 15 is 0 Å². The smallest absolute Gasteiger partial charge is 0.282 e. The van der Waals surface area contributed by atoms with Gasteiger partial charge in [0.05, 0.1) is 0 Å². The zero-order chi connectivity index (χ0) is 17.3. The van der Waals surface area contributed by atoms with Crippen molar-refractivity contribution >= 4 is 17.9 Å². The maximum Gasteiger partial charge on any atom is 0.304 e. The number of amides is 2. The van der Waals surface area contributed by atoms with Crippen LogP contribution < -0.4 is 0 Å². The zero-order valence-corrected chi connectivity index (χ0v) is 14.5. The molecule has 0 bridgehead atoms. The number of carbonyl (C=O) groups excluding carboxylic acids is 3. The van der Waals surface area contributed by atoms with Crippen LogP contribution in [0.15, 0.2) is 0 Å². The molecule has 1 heterocycles. The molecule has 2 fully saturated rings. The lowest BCUT2D eigenvalue weighted by Gasteiger charge is -2.28. The van der Waals surface area contributed by atoms with Gasteiger partial charge in [0.1, 0.15) is 0 Å². The van der Waals surface area contributed by atoms with E-state index in [0.717, 1.165) is 0 Å². The minimum atomic E-state index is -1.23. The van der Waals surface area contributed by atoms with Crippen LogP contribution >= 0.6 is 0 Å². The summed E-state index contributed by atoms with van der Waals surface area (Å²) < 4.78 is 12.5. The van der Waals surface area contributed by atoms with Gasteiger partial charge in [0.25, 0.3) is 0 Å². The van der Waals surface area contributed by atoms with Crippen molar-refractivity contribution in [1.82, 2.24) is 4.90 Å². The van der Waals surface area contributed by atoms with Crippen LogP contribution in [-0.2, 0) is 14.4 Å². The SMILES string of the molecule is CC.CC.CC1CC(=O)N(CC2CCC(C(=O)F)CC2)C1=O. The number of hydrogen-bond donors (Lipinski definition) is 0. The molecule has 1 unspecified atom stereocenters. The summed E-state index contributed by atoms with van der Waals surface area (Å²) in [6.07, 6.45) is 2.80. The van der Waals surface area contributed by atoms with Gasteiger partial charge in [-0.3, -0.25) is 19.3 Å². The standard InChI is InChI=1S/C13H18FNO3.2C2H6/c1-8-6-11(16)15(13(8)18)7-9-2-4-10(5-3-9)12(14)17;2*1-2/h8-10H,2-7H2,1H3;2*1-2H3. The summed E-state index contributed by atoms with van der Waals surface area (Å²) in [7, 11) is 0. The normalized spacial score (nSPS) is 27.5. The van der Waals surface area contributed by atoms with Gasteiger partial charge in [-0.15, -0.1) is 0 Å². The molecule has 0 radical (unpaired) electrons. The maximum absolute atomic E-state index is 12.5. The molecule has 2 amide bonds. The molecule has 2 rings (SSSR count). The first-order valence-electron chi connectivity index (χ1n) is 8.52. The Labute approximate surface area is 133 Å². The zero-order valence-electron chi connectivity index (χ0n) is 14.5. The van der Waals surface area contributed by atoms with Crippen LogP contribution in [0.1, 0.15) is 66.7 Å². The van der Waals surface area contributed by atoms with Crippen molar-refractivity contribution in [2.75, 3.05) is 6.54 Å². The fourth-order valence-electron chi connectivity index (χ4n) is 2.87. The molecule has 0 aromatic carbocycles. The van der Waals surface area contributed by atoms with Crippen molar-refractivity contribution < 1.29 is 18.8 Å². The average molecular weight is 315 g/mol. The third-order valence-electron chi connectivity index (χ3n) is 4.08. The van der Waals surface area contributed by atoms with Gasteiger partial charge in [0.15, 0.2) is 0 Å². The van der Waals surface area contributed by atoms with E-state index in [1.165, 1.54) is 4.90 Å². The van der Waals surface area contributed by atoms with Gasteiger partial charge < -0.3 is 0 Å². The summed E-state index contributed by atoms with van der Waals surface area (Å²) in [6, 6.07) is -1.23. The highest BCUT2D eigenvalue weighted by Crippen LogP contribution is 2.31. The number of nitrogens with zero attached hydrogens (tertiary/aromatic N) is 1. The summed E-state index contributed by atoms with van der Waals surface area (Å²) >= 11 is 0. The minimum absolute atomic E-state index is 0.0938. The fourth-order valence-corrected chi connectivity index (χ4v) is 2.87. The molecule has 0 N–H and O–H groups in total. The van der Waals surface area contributed by atoms with Crippen LogP contribution in [0, 0.1) is 17.8 Å². The topological polar surface area (TPSA) is 54.5 Å². The van der Waals surface area contributed by atoms with E-state index in [-0.39, 0.29) is 23.7 Å². The molecule has 1 saturated carbocycles. The highest BCUT2D eigenvalue weighted by Gasteiger charge is 2.37. The number of hydrogen-bond acceptors (Lipinski definition) is 3. The van der Waals surface area contributed by atoms with Gasteiger partial charge in [-0.1, -0.05) is 34.6 Å². The van der Waals surface area contributed by atoms with Crippen LogP contribution in [0.5, 0.6) is 0 Å². The molecule has 0 aromatic rings. The first-order chi connectivity index (χ1) is 10.5. The van der Waals surface area contributed by atoms with E-state index in [9.17, 15) is 18.8 Å². The first-order valence-corrected chi connectivity index (χ1v) is 8.52. The second kappa shape index (κ2) is 10.5. The molecule has 4 nitrogen and oxygen atoms in total. The Kier molecular flexibility index (Phi) is 9.86. The summed E-state index contributed by atoms with van der Waals surface area (Å²) in [5, 5.41) is 0. The first kappa shape index (κ1) is 20.7. The Hall–Kier alpha value is -1.26. The Balaban J connectivity index is 0.00000102. The molecule has 128 valence electrons. The summed E-state index contributed by atoms with van der Waals surface area (Å²) in [4.78, 5) is 35.3. The van der Waals surface area contributed by atoms with Crippen LogP contribution in [0.2, 0.25) is 0 Å². The lowest BCUT2D eigenvalue weighted by atomic mass is 9.82. The Morgan fingerprint density at radius 3 is 1.95 bits per heavy atom. The molecule has 0 spiro atoms. The summed E-state index contributed by atoms with van der Waals surface area (Å²) in [6.45, 7) is 10.2. The Bertz CT molecular complexity index is 376. The Morgan fingerprint density at radius 1 is 1.09 bits per heavy atom. The summed E-state index contributed by atoms with van der Waals surface area (Å²) in [5.41, 5.74) is 0. The van der Waals surface area contributed by atoms with Gasteiger partial charge in [-0.05, 0) is 31.6 Å². The number of halogens is 1. The molecule has 0 aromatic heterocycles. The van der Waals surface area contributed by atoms with Crippen LogP contribution in [-0.4, -0.2) is 29.3 Å². The second-order valence-electron chi connectivity index (χ2n) is 5.47. The Morgan fingerprint density at radius 2 is 1.59 bits per heavy atom. The molecule has 22 heavy (non-hydrogen) atoms. The minimum Gasteiger partial charge on any atom is -0.282 e. The van der Waals surface area contributed by atoms with Crippen LogP contribution in [0.25, 0.3) is 0 Å². The number of rotatable bonds is 3. The summed E-state index contributed by atoms with van der Waals surface area (Å²) in [5.74, 6) is -0.648. The van der Waals surface area contributed by atoms with Crippen LogP contribution in [0.3, 0.4) is 0 Å². The molecule has 1 atom stereocenters. The van der Waals surface area contributed by atoms with Crippen LogP contribution in [0.4, 0.5) is 4.39 Å². The highest BCUT2D eigenvalue weighted by atomic mass is 19.1. The fraction of sp³-hybridized carbons (Fsp3) is 0.824. The molecule has 5 heteroatoms. The number of imide groups is 1. The molecular formula is C17H30FNO3. The lowest BCUT2D eigenvalue weighted by Crippen LogP contribution is -2.36. The van der Waals surface area contributed by atoms with E-state index in [2.05, 4.69) is 0 Å². The highest BCUT2D eigenvalue weighted by molar-refractivity contribution is 6.03. The van der Waals surface area contributed by atoms with Crippen molar-refractivity contribution in [3.63, 3.8) is 0 Å². The number of carbonyl (C=O) groups is 3. The third kappa shape index (κ3) is 5.50. The van der Waals surface area contributed by atoms with Crippen molar-refractivity contribution in [2.24, 2.45) is 17.8 Å². The quantitative estimate of drug-likeness (QED) is 0.589. The average Bonchev–Trinajstić information content (AvgIpc) is 2.78. The third-order valence-corrected chi connectivity index (χ3v) is 4.08. The van der Waals surface area contributed by atoms with Gasteiger partial charge in [0, 0.05) is 24.8 Å². The molecule has 1 aliphatic heterocycles. The van der Waals surface area contributed by atoms with Gasteiger partial charge in [0.2, 0.25) is 11.8 Å². The van der Waals surface area contributed by atoms with E-state index in [4.69, 9.17) is 0 Å². The van der Waals surface area contributed by atoms with E-state index < -0.39 is 12.0 Å². The predicted octanol–water partition coefficient (Wildman–Crippen LogP) is 3.74. The molecule has 1 saturated heterocycles. The van der Waals surface area contributed by atoms with Crippen molar-refractivity contribution in [3.05, 3.63) is 0 Å². The largest absolute Gasteiger partial charge is 0.304 e.